The van der Waals surface area contributed by atoms with Crippen molar-refractivity contribution in [1.82, 2.24) is 0 Å². The van der Waals surface area contributed by atoms with Gasteiger partial charge in [-0.3, -0.25) is 0 Å². The van der Waals surface area contributed by atoms with Crippen molar-refractivity contribution in [1.29, 1.82) is 0 Å². The van der Waals surface area contributed by atoms with Gasteiger partial charge in [-0.05, 0) is 36.9 Å². The van der Waals surface area contributed by atoms with Crippen LogP contribution in [0.3, 0.4) is 0 Å². The van der Waals surface area contributed by atoms with Crippen LogP contribution in [0.2, 0.25) is 0 Å². The van der Waals surface area contributed by atoms with Crippen LogP contribution in [0.4, 0.5) is 11.4 Å². The Morgan fingerprint density at radius 1 is 1.14 bits per heavy atom. The van der Waals surface area contributed by atoms with Crippen molar-refractivity contribution < 1.29 is 9.84 Å². The van der Waals surface area contributed by atoms with Crippen LogP contribution in [0.25, 0.3) is 0 Å². The van der Waals surface area contributed by atoms with E-state index in [0.717, 1.165) is 17.9 Å². The largest absolute Gasteiger partial charge is 0.443 e. The molecule has 5 nitrogen and oxygen atoms in total. The summed E-state index contributed by atoms with van der Waals surface area (Å²) in [5.74, 6) is -0.846. The van der Waals surface area contributed by atoms with Gasteiger partial charge in [0.25, 0.3) is 0 Å². The molecule has 0 fully saturated rings. The molecule has 1 aliphatic rings. The van der Waals surface area contributed by atoms with Gasteiger partial charge < -0.3 is 26.2 Å². The van der Waals surface area contributed by atoms with Gasteiger partial charge in [0.05, 0.1) is 0 Å². The predicted molar refractivity (Wildman–Crippen MR) is 85.3 cm³/mol. The third-order valence-electron chi connectivity index (χ3n) is 2.76. The molecule has 0 saturated heterocycles. The molecule has 1 aliphatic heterocycles. The number of para-hydroxylation sites is 1. The van der Waals surface area contributed by atoms with Crippen LogP contribution < -0.4 is 21.1 Å². The van der Waals surface area contributed by atoms with Crippen molar-refractivity contribution >= 4 is 11.4 Å². The Balaban J connectivity index is 0.000000497. The fourth-order valence-corrected chi connectivity index (χ4v) is 1.94. The van der Waals surface area contributed by atoms with Crippen molar-refractivity contribution in [2.45, 2.75) is 12.8 Å². The van der Waals surface area contributed by atoms with E-state index in [-0.39, 0.29) is 6.54 Å². The van der Waals surface area contributed by atoms with E-state index < -0.39 is 5.91 Å². The van der Waals surface area contributed by atoms with E-state index in [1.807, 2.05) is 49.4 Å². The zero-order chi connectivity index (χ0) is 15.1. The number of aliphatic hydroxyl groups is 1. The standard InChI is InChI=1S/C14H14N2O2.C2H7N/c17-14(18-13-7-2-1-3-8-13)10-15-11-5-4-6-12(9-11)16-14;1-2-3/h1-9,15-17H,10H2;2-3H2,1H3. The molecule has 112 valence electrons. The number of rotatable bonds is 2. The maximum absolute atomic E-state index is 10.5. The van der Waals surface area contributed by atoms with Crippen molar-refractivity contribution in [2.24, 2.45) is 5.73 Å². The number of hydrogen-bond acceptors (Lipinski definition) is 5. The quantitative estimate of drug-likeness (QED) is 0.637. The Bertz CT molecular complexity index is 562. The second-order valence-corrected chi connectivity index (χ2v) is 4.67. The Morgan fingerprint density at radius 3 is 2.52 bits per heavy atom. The van der Waals surface area contributed by atoms with Gasteiger partial charge in [0.15, 0.2) is 0 Å². The Labute approximate surface area is 124 Å². The fraction of sp³-hybridized carbons (Fsp3) is 0.250. The predicted octanol–water partition coefficient (Wildman–Crippen LogP) is 2.21. The monoisotopic (exact) mass is 287 g/mol. The summed E-state index contributed by atoms with van der Waals surface area (Å²) < 4.78 is 5.61. The molecule has 0 spiro atoms. The van der Waals surface area contributed by atoms with Crippen LogP contribution in [0, 0.1) is 0 Å². The van der Waals surface area contributed by atoms with Crippen LogP contribution in [0.1, 0.15) is 6.92 Å². The lowest BCUT2D eigenvalue weighted by atomic mass is 10.3. The van der Waals surface area contributed by atoms with E-state index in [4.69, 9.17) is 10.5 Å². The van der Waals surface area contributed by atoms with E-state index >= 15 is 0 Å². The Kier molecular flexibility index (Phi) is 5.03. The van der Waals surface area contributed by atoms with E-state index in [2.05, 4.69) is 10.6 Å². The number of nitrogens with one attached hydrogen (secondary N) is 2. The Morgan fingerprint density at radius 2 is 1.81 bits per heavy atom. The molecule has 0 aromatic heterocycles. The van der Waals surface area contributed by atoms with Crippen LogP contribution in [0.15, 0.2) is 54.6 Å². The molecule has 2 aromatic carbocycles. The first-order valence-corrected chi connectivity index (χ1v) is 6.94. The molecular weight excluding hydrogens is 266 g/mol. The van der Waals surface area contributed by atoms with Gasteiger partial charge in [-0.1, -0.05) is 31.2 Å². The molecule has 0 amide bonds. The van der Waals surface area contributed by atoms with E-state index in [9.17, 15) is 5.11 Å². The molecule has 1 atom stereocenters. The molecule has 1 heterocycles. The lowest BCUT2D eigenvalue weighted by Crippen LogP contribution is -2.49. The van der Waals surface area contributed by atoms with Crippen LogP contribution in [0.5, 0.6) is 5.75 Å². The van der Waals surface area contributed by atoms with Gasteiger partial charge >= 0.3 is 5.91 Å². The number of nitrogens with two attached hydrogens (primary N) is 1. The number of hydrogen-bond donors (Lipinski definition) is 4. The van der Waals surface area contributed by atoms with Crippen molar-refractivity contribution in [3.05, 3.63) is 54.6 Å². The molecule has 2 bridgehead atoms. The summed E-state index contributed by atoms with van der Waals surface area (Å²) in [6.07, 6.45) is 0. The summed E-state index contributed by atoms with van der Waals surface area (Å²) in [6, 6.07) is 16.9. The maximum atomic E-state index is 10.5. The number of benzene rings is 2. The van der Waals surface area contributed by atoms with Crippen molar-refractivity contribution in [3.8, 4) is 5.75 Å². The minimum Gasteiger partial charge on any atom is -0.443 e. The molecule has 5 N–H and O–H groups in total. The second-order valence-electron chi connectivity index (χ2n) is 4.67. The highest BCUT2D eigenvalue weighted by Gasteiger charge is 2.31. The van der Waals surface area contributed by atoms with Gasteiger partial charge in [0.2, 0.25) is 0 Å². The lowest BCUT2D eigenvalue weighted by molar-refractivity contribution is -0.0995. The first kappa shape index (κ1) is 15.2. The molecule has 0 radical (unpaired) electrons. The second kappa shape index (κ2) is 6.97. The van der Waals surface area contributed by atoms with E-state index in [0.29, 0.717) is 5.75 Å². The van der Waals surface area contributed by atoms with Crippen molar-refractivity contribution in [3.63, 3.8) is 0 Å². The SMILES string of the molecule is CCN.OC1(Oc2ccccc2)CNc2cccc(c2)N1. The highest BCUT2D eigenvalue weighted by molar-refractivity contribution is 5.59. The lowest BCUT2D eigenvalue weighted by Gasteiger charge is -2.29. The zero-order valence-corrected chi connectivity index (χ0v) is 12.0. The van der Waals surface area contributed by atoms with Crippen LogP contribution in [-0.2, 0) is 0 Å². The molecule has 3 rings (SSSR count). The Hall–Kier alpha value is -2.24. The molecule has 2 aromatic rings. The summed E-state index contributed by atoms with van der Waals surface area (Å²) in [5.41, 5.74) is 6.61. The first-order valence-electron chi connectivity index (χ1n) is 6.94. The van der Waals surface area contributed by atoms with E-state index in [1.54, 1.807) is 12.1 Å². The average Bonchev–Trinajstić information content (AvgIpc) is 2.57. The van der Waals surface area contributed by atoms with Gasteiger partial charge in [-0.2, -0.15) is 0 Å². The van der Waals surface area contributed by atoms with Gasteiger partial charge in [0, 0.05) is 11.4 Å². The number of anilines is 2. The normalized spacial score (nSPS) is 19.2. The summed E-state index contributed by atoms with van der Waals surface area (Å²) in [6.45, 7) is 2.91. The average molecular weight is 287 g/mol. The summed E-state index contributed by atoms with van der Waals surface area (Å²) >= 11 is 0. The molecular formula is C16H21N3O2. The summed E-state index contributed by atoms with van der Waals surface area (Å²) in [5, 5.41) is 16.6. The minimum atomic E-state index is -1.46. The number of fused-ring (bicyclic) bond motifs is 2. The molecule has 0 saturated carbocycles. The number of β-amino-alcohol motifs (C(OH)–C–C–N with tert-alkyl or cyclic N) is 1. The molecule has 21 heavy (non-hydrogen) atoms. The van der Waals surface area contributed by atoms with Crippen LogP contribution in [-0.4, -0.2) is 24.1 Å². The summed E-state index contributed by atoms with van der Waals surface area (Å²) in [7, 11) is 0. The fourth-order valence-electron chi connectivity index (χ4n) is 1.94. The minimum absolute atomic E-state index is 0.259. The molecule has 0 aliphatic carbocycles. The highest BCUT2D eigenvalue weighted by Crippen LogP contribution is 2.25. The van der Waals surface area contributed by atoms with Crippen LogP contribution >= 0.6 is 0 Å². The van der Waals surface area contributed by atoms with E-state index in [1.165, 1.54) is 0 Å². The highest BCUT2D eigenvalue weighted by atomic mass is 16.6. The smallest absolute Gasteiger partial charge is 0.307 e. The molecule has 5 heteroatoms. The molecule has 1 unspecified atom stereocenters. The number of ether oxygens (including phenoxy) is 1. The maximum Gasteiger partial charge on any atom is 0.307 e. The third-order valence-corrected chi connectivity index (χ3v) is 2.76. The van der Waals surface area contributed by atoms with Crippen molar-refractivity contribution in [2.75, 3.05) is 23.7 Å². The topological polar surface area (TPSA) is 79.5 Å². The van der Waals surface area contributed by atoms with Gasteiger partial charge in [-0.25, -0.2) is 0 Å². The van der Waals surface area contributed by atoms with Gasteiger partial charge in [0.1, 0.15) is 12.3 Å². The van der Waals surface area contributed by atoms with Gasteiger partial charge in [-0.15, -0.1) is 0 Å². The zero-order valence-electron chi connectivity index (χ0n) is 12.0. The summed E-state index contributed by atoms with van der Waals surface area (Å²) in [4.78, 5) is 0. The first-order chi connectivity index (χ1) is 10.1. The third kappa shape index (κ3) is 4.37.